The predicted octanol–water partition coefficient (Wildman–Crippen LogP) is 0.348. The third-order valence-corrected chi connectivity index (χ3v) is 0.976. The van der Waals surface area contributed by atoms with Gasteiger partial charge in [-0.25, -0.2) is 0 Å². The molecule has 10 heavy (non-hydrogen) atoms. The highest BCUT2D eigenvalue weighted by Crippen LogP contribution is 1.97. The van der Waals surface area contributed by atoms with Crippen LogP contribution >= 0.6 is 0 Å². The molecule has 1 N–H and O–H groups in total. The number of nitrogens with one attached hydrogen (secondary N) is 1. The minimum Gasteiger partial charge on any atom is -0.349 e. The first kappa shape index (κ1) is 9.14. The molecule has 3 nitrogen and oxygen atoms in total. The minimum absolute atomic E-state index is 0.0536. The topological polar surface area (TPSA) is 46.2 Å². The monoisotopic (exact) mass is 143 g/mol. The van der Waals surface area contributed by atoms with Gasteiger partial charge < -0.3 is 10.1 Å². The lowest BCUT2D eigenvalue weighted by Crippen LogP contribution is -2.25. The lowest BCUT2D eigenvalue weighted by molar-refractivity contribution is -0.123. The molecule has 1 amide bonds. The normalized spacial score (nSPS) is 9.50. The van der Waals surface area contributed by atoms with Crippen LogP contribution in [-0.4, -0.2) is 18.7 Å². The summed E-state index contributed by atoms with van der Waals surface area (Å²) >= 11 is 0. The van der Waals surface area contributed by atoms with E-state index < -0.39 is 0 Å². The fraction of sp³-hybridized carbons (Fsp3) is 0.714. The van der Waals surface area contributed by atoms with E-state index in [0.717, 1.165) is 0 Å². The van der Waals surface area contributed by atoms with Gasteiger partial charge in [0.05, 0.1) is 6.54 Å². The maximum Gasteiger partial charge on any atom is 0.220 e. The number of carbonyl (C=O) groups is 2. The molecule has 0 atom stereocenters. The molecule has 0 aromatic carbocycles. The summed E-state index contributed by atoms with van der Waals surface area (Å²) < 4.78 is 0. The van der Waals surface area contributed by atoms with E-state index in [1.165, 1.54) is 0 Å². The Morgan fingerprint density at radius 3 is 2.60 bits per heavy atom. The molecule has 0 rings (SSSR count). The number of aldehydes is 1. The van der Waals surface area contributed by atoms with Crippen molar-refractivity contribution < 1.29 is 9.59 Å². The van der Waals surface area contributed by atoms with E-state index in [1.54, 1.807) is 0 Å². The Labute approximate surface area is 60.8 Å². The average Bonchev–Trinajstić information content (AvgIpc) is 1.82. The maximum atomic E-state index is 10.7. The Morgan fingerprint density at radius 2 is 2.20 bits per heavy atom. The lowest BCUT2D eigenvalue weighted by atomic mass is 10.1. The molecule has 3 heteroatoms. The number of hydrogen-bond donors (Lipinski definition) is 1. The second kappa shape index (κ2) is 4.97. The van der Waals surface area contributed by atoms with Gasteiger partial charge in [-0.05, 0) is 5.92 Å². The zero-order valence-corrected chi connectivity index (χ0v) is 6.39. The van der Waals surface area contributed by atoms with E-state index in [9.17, 15) is 9.59 Å². The summed E-state index contributed by atoms with van der Waals surface area (Å²) in [5, 5.41) is 2.46. The summed E-state index contributed by atoms with van der Waals surface area (Å²) in [5.74, 6) is 0.300. The molecule has 0 aliphatic rings. The van der Waals surface area contributed by atoms with E-state index in [-0.39, 0.29) is 12.5 Å². The smallest absolute Gasteiger partial charge is 0.220 e. The predicted molar refractivity (Wildman–Crippen MR) is 38.5 cm³/mol. The molecule has 0 heterocycles. The maximum absolute atomic E-state index is 10.7. The van der Waals surface area contributed by atoms with Gasteiger partial charge in [0.25, 0.3) is 0 Å². The molecule has 58 valence electrons. The van der Waals surface area contributed by atoms with E-state index in [0.29, 0.717) is 18.6 Å². The fourth-order valence-corrected chi connectivity index (χ4v) is 0.598. The first-order valence-electron chi connectivity index (χ1n) is 3.37. The van der Waals surface area contributed by atoms with Crippen molar-refractivity contribution in [2.45, 2.75) is 20.3 Å². The molecule has 0 aromatic heterocycles. The van der Waals surface area contributed by atoms with Crippen molar-refractivity contribution in [3.63, 3.8) is 0 Å². The van der Waals surface area contributed by atoms with E-state index >= 15 is 0 Å². The SMILES string of the molecule is CC(C)CC(=O)NCC=O. The summed E-state index contributed by atoms with van der Waals surface area (Å²) in [6.07, 6.45) is 1.17. The van der Waals surface area contributed by atoms with Crippen LogP contribution in [0, 0.1) is 5.92 Å². The van der Waals surface area contributed by atoms with Gasteiger partial charge in [0.2, 0.25) is 5.91 Å². The number of carbonyl (C=O) groups excluding carboxylic acids is 2. The number of rotatable bonds is 4. The Kier molecular flexibility index (Phi) is 4.54. The van der Waals surface area contributed by atoms with Gasteiger partial charge in [-0.3, -0.25) is 4.79 Å². The summed E-state index contributed by atoms with van der Waals surface area (Å²) in [5.41, 5.74) is 0. The highest BCUT2D eigenvalue weighted by Gasteiger charge is 2.01. The van der Waals surface area contributed by atoms with Gasteiger partial charge in [-0.15, -0.1) is 0 Å². The molecule has 0 aliphatic carbocycles. The zero-order valence-electron chi connectivity index (χ0n) is 6.39. The highest BCUT2D eigenvalue weighted by molar-refractivity contribution is 5.78. The zero-order chi connectivity index (χ0) is 7.98. The van der Waals surface area contributed by atoms with Gasteiger partial charge in [-0.1, -0.05) is 13.8 Å². The molecular weight excluding hydrogens is 130 g/mol. The quantitative estimate of drug-likeness (QED) is 0.577. The second-order valence-electron chi connectivity index (χ2n) is 2.57. The second-order valence-corrected chi connectivity index (χ2v) is 2.57. The van der Waals surface area contributed by atoms with Crippen molar-refractivity contribution in [1.82, 2.24) is 5.32 Å². The molecule has 0 saturated heterocycles. The first-order chi connectivity index (χ1) is 4.66. The van der Waals surface area contributed by atoms with Gasteiger partial charge in [-0.2, -0.15) is 0 Å². The van der Waals surface area contributed by atoms with Crippen molar-refractivity contribution >= 4 is 12.2 Å². The van der Waals surface area contributed by atoms with Crippen molar-refractivity contribution in [2.75, 3.05) is 6.54 Å². The fourth-order valence-electron chi connectivity index (χ4n) is 0.598. The van der Waals surface area contributed by atoms with E-state index in [2.05, 4.69) is 5.32 Å². The Morgan fingerprint density at radius 1 is 1.60 bits per heavy atom. The van der Waals surface area contributed by atoms with Gasteiger partial charge >= 0.3 is 0 Å². The third kappa shape index (κ3) is 5.28. The molecule has 0 bridgehead atoms. The summed E-state index contributed by atoms with van der Waals surface area (Å²) in [7, 11) is 0. The molecule has 0 fully saturated rings. The van der Waals surface area contributed by atoms with Crippen LogP contribution in [-0.2, 0) is 9.59 Å². The van der Waals surface area contributed by atoms with E-state index in [4.69, 9.17) is 0 Å². The lowest BCUT2D eigenvalue weighted by Gasteiger charge is -2.02. The van der Waals surface area contributed by atoms with Crippen LogP contribution in [0.15, 0.2) is 0 Å². The summed E-state index contributed by atoms with van der Waals surface area (Å²) in [4.78, 5) is 20.5. The molecule has 0 unspecified atom stereocenters. The van der Waals surface area contributed by atoms with Gasteiger partial charge in [0.1, 0.15) is 6.29 Å². The van der Waals surface area contributed by atoms with Crippen molar-refractivity contribution in [3.05, 3.63) is 0 Å². The number of amides is 1. The van der Waals surface area contributed by atoms with Crippen LogP contribution in [0.5, 0.6) is 0 Å². The third-order valence-electron chi connectivity index (χ3n) is 0.976. The molecular formula is C7H13NO2. The Bertz CT molecular complexity index is 121. The highest BCUT2D eigenvalue weighted by atomic mass is 16.2. The van der Waals surface area contributed by atoms with Crippen LogP contribution in [0.25, 0.3) is 0 Å². The van der Waals surface area contributed by atoms with Gasteiger partial charge in [0, 0.05) is 6.42 Å². The Hall–Kier alpha value is -0.860. The first-order valence-corrected chi connectivity index (χ1v) is 3.37. The molecule has 0 aromatic rings. The summed E-state index contributed by atoms with van der Waals surface area (Å²) in [6, 6.07) is 0. The minimum atomic E-state index is -0.0536. The largest absolute Gasteiger partial charge is 0.349 e. The van der Waals surface area contributed by atoms with Crippen molar-refractivity contribution in [2.24, 2.45) is 5.92 Å². The Balaban J connectivity index is 3.34. The van der Waals surface area contributed by atoms with Crippen LogP contribution in [0.1, 0.15) is 20.3 Å². The van der Waals surface area contributed by atoms with Gasteiger partial charge in [0.15, 0.2) is 0 Å². The summed E-state index contributed by atoms with van der Waals surface area (Å²) in [6.45, 7) is 4.05. The average molecular weight is 143 g/mol. The van der Waals surface area contributed by atoms with E-state index in [1.807, 2.05) is 13.8 Å². The molecule has 0 radical (unpaired) electrons. The standard InChI is InChI=1S/C7H13NO2/c1-6(2)5-7(10)8-3-4-9/h4,6H,3,5H2,1-2H3,(H,8,10). The number of hydrogen-bond acceptors (Lipinski definition) is 2. The van der Waals surface area contributed by atoms with Crippen molar-refractivity contribution in [1.29, 1.82) is 0 Å². The van der Waals surface area contributed by atoms with Crippen LogP contribution in [0.4, 0.5) is 0 Å². The molecule has 0 aliphatic heterocycles. The van der Waals surface area contributed by atoms with Crippen LogP contribution in [0.3, 0.4) is 0 Å². The molecule has 0 saturated carbocycles. The van der Waals surface area contributed by atoms with Crippen LogP contribution < -0.4 is 5.32 Å². The van der Waals surface area contributed by atoms with Crippen molar-refractivity contribution in [3.8, 4) is 0 Å². The van der Waals surface area contributed by atoms with Crippen LogP contribution in [0.2, 0.25) is 0 Å². The molecule has 0 spiro atoms.